The SMILES string of the molecule is CCOC(=O)C1(C)C(=O)N(C)C2=C(CC(C)(C)CC2)C1O. The number of carbonyl (C=O) groups is 2. The number of nitrogens with zero attached hydrogens (tertiary/aromatic N) is 1. The highest BCUT2D eigenvalue weighted by atomic mass is 16.5. The van der Waals surface area contributed by atoms with Gasteiger partial charge in [-0.2, -0.15) is 0 Å². The molecule has 1 aliphatic carbocycles. The number of carbonyl (C=O) groups excluding carboxylic acids is 2. The summed E-state index contributed by atoms with van der Waals surface area (Å²) in [6, 6.07) is 0. The molecule has 0 spiro atoms. The molecule has 1 N–H and O–H groups in total. The topological polar surface area (TPSA) is 66.8 Å². The van der Waals surface area contributed by atoms with Gasteiger partial charge in [0.25, 0.3) is 0 Å². The van der Waals surface area contributed by atoms with Gasteiger partial charge in [0, 0.05) is 12.7 Å². The summed E-state index contributed by atoms with van der Waals surface area (Å²) in [5.41, 5.74) is 0.200. The molecule has 5 heteroatoms. The van der Waals surface area contributed by atoms with Gasteiger partial charge in [-0.3, -0.25) is 9.59 Å². The van der Waals surface area contributed by atoms with Crippen LogP contribution in [0.15, 0.2) is 11.3 Å². The standard InChI is InChI=1S/C16H25NO4/c1-6-21-14(20)16(4)12(18)10-9-15(2,3)8-7-11(10)17(5)13(16)19/h12,18H,6-9H2,1-5H3. The van der Waals surface area contributed by atoms with E-state index >= 15 is 0 Å². The lowest BCUT2D eigenvalue weighted by Gasteiger charge is -2.46. The first-order chi connectivity index (χ1) is 9.65. The molecule has 0 radical (unpaired) electrons. The van der Waals surface area contributed by atoms with E-state index in [0.29, 0.717) is 6.42 Å². The molecule has 1 aliphatic heterocycles. The Labute approximate surface area is 126 Å². The monoisotopic (exact) mass is 295 g/mol. The highest BCUT2D eigenvalue weighted by molar-refractivity contribution is 6.05. The third kappa shape index (κ3) is 2.37. The van der Waals surface area contributed by atoms with Gasteiger partial charge in [-0.15, -0.1) is 0 Å². The van der Waals surface area contributed by atoms with Crippen LogP contribution >= 0.6 is 0 Å². The van der Waals surface area contributed by atoms with Crippen molar-refractivity contribution in [3.8, 4) is 0 Å². The minimum absolute atomic E-state index is 0.0661. The summed E-state index contributed by atoms with van der Waals surface area (Å²) in [4.78, 5) is 26.4. The normalized spacial score (nSPS) is 32.0. The van der Waals surface area contributed by atoms with Crippen LogP contribution in [0, 0.1) is 10.8 Å². The van der Waals surface area contributed by atoms with E-state index in [4.69, 9.17) is 4.74 Å². The fourth-order valence-corrected chi connectivity index (χ4v) is 3.38. The number of rotatable bonds is 2. The van der Waals surface area contributed by atoms with Crippen LogP contribution in [0.5, 0.6) is 0 Å². The third-order valence-electron chi connectivity index (χ3n) is 4.81. The molecule has 5 nitrogen and oxygen atoms in total. The summed E-state index contributed by atoms with van der Waals surface area (Å²) in [6.07, 6.45) is 1.30. The average molecular weight is 295 g/mol. The van der Waals surface area contributed by atoms with Crippen molar-refractivity contribution in [2.24, 2.45) is 10.8 Å². The summed E-state index contributed by atoms with van der Waals surface area (Å²) >= 11 is 0. The lowest BCUT2D eigenvalue weighted by Crippen LogP contribution is -2.58. The van der Waals surface area contributed by atoms with Crippen LogP contribution in [0.3, 0.4) is 0 Å². The van der Waals surface area contributed by atoms with Crippen LogP contribution in [0.2, 0.25) is 0 Å². The van der Waals surface area contributed by atoms with Gasteiger partial charge in [-0.1, -0.05) is 13.8 Å². The number of allylic oxidation sites excluding steroid dienone is 1. The quantitative estimate of drug-likeness (QED) is 0.623. The van der Waals surface area contributed by atoms with Crippen molar-refractivity contribution in [2.75, 3.05) is 13.7 Å². The van der Waals surface area contributed by atoms with Gasteiger partial charge in [0.1, 0.15) is 6.10 Å². The van der Waals surface area contributed by atoms with Crippen molar-refractivity contribution < 1.29 is 19.4 Å². The minimum atomic E-state index is -1.54. The second-order valence-electron chi connectivity index (χ2n) is 7.00. The van der Waals surface area contributed by atoms with Crippen LogP contribution in [0.4, 0.5) is 0 Å². The van der Waals surface area contributed by atoms with E-state index in [9.17, 15) is 14.7 Å². The first kappa shape index (κ1) is 16.0. The van der Waals surface area contributed by atoms with Gasteiger partial charge in [-0.25, -0.2) is 0 Å². The summed E-state index contributed by atoms with van der Waals surface area (Å²) < 4.78 is 5.04. The van der Waals surface area contributed by atoms with Crippen LogP contribution < -0.4 is 0 Å². The number of aliphatic hydroxyl groups excluding tert-OH is 1. The first-order valence-corrected chi connectivity index (χ1v) is 7.50. The molecule has 1 amide bonds. The number of aliphatic hydroxyl groups is 1. The van der Waals surface area contributed by atoms with Crippen molar-refractivity contribution in [1.29, 1.82) is 0 Å². The molecule has 1 heterocycles. The molecule has 0 fully saturated rings. The van der Waals surface area contributed by atoms with E-state index in [0.717, 1.165) is 24.1 Å². The van der Waals surface area contributed by atoms with Crippen molar-refractivity contribution in [1.82, 2.24) is 4.90 Å². The zero-order chi connectivity index (χ0) is 16.0. The Bertz CT molecular complexity index is 508. The third-order valence-corrected chi connectivity index (χ3v) is 4.81. The van der Waals surface area contributed by atoms with Crippen molar-refractivity contribution in [3.63, 3.8) is 0 Å². The van der Waals surface area contributed by atoms with Crippen molar-refractivity contribution in [2.45, 2.75) is 53.1 Å². The summed E-state index contributed by atoms with van der Waals surface area (Å²) in [6.45, 7) is 7.65. The van der Waals surface area contributed by atoms with Gasteiger partial charge >= 0.3 is 5.97 Å². The maximum atomic E-state index is 12.6. The summed E-state index contributed by atoms with van der Waals surface area (Å²) in [5, 5.41) is 10.7. The largest absolute Gasteiger partial charge is 0.465 e. The molecule has 2 unspecified atom stereocenters. The molecule has 0 bridgehead atoms. The molecule has 2 rings (SSSR count). The Morgan fingerprint density at radius 1 is 1.43 bits per heavy atom. The van der Waals surface area contributed by atoms with Crippen LogP contribution in [-0.2, 0) is 14.3 Å². The van der Waals surface area contributed by atoms with E-state index in [2.05, 4.69) is 13.8 Å². The maximum Gasteiger partial charge on any atom is 0.324 e. The van der Waals surface area contributed by atoms with Crippen molar-refractivity contribution in [3.05, 3.63) is 11.3 Å². The van der Waals surface area contributed by atoms with Gasteiger partial charge in [0.15, 0.2) is 5.41 Å². The predicted molar refractivity (Wildman–Crippen MR) is 78.2 cm³/mol. The van der Waals surface area contributed by atoms with Crippen LogP contribution in [-0.4, -0.2) is 41.6 Å². The first-order valence-electron chi connectivity index (χ1n) is 7.50. The average Bonchev–Trinajstić information content (AvgIpc) is 2.42. The van der Waals surface area contributed by atoms with Gasteiger partial charge < -0.3 is 14.7 Å². The lowest BCUT2D eigenvalue weighted by atomic mass is 9.67. The Balaban J connectivity index is 2.48. The molecule has 0 aromatic carbocycles. The zero-order valence-corrected chi connectivity index (χ0v) is 13.5. The number of hydrogen-bond donors (Lipinski definition) is 1. The van der Waals surface area contributed by atoms with Crippen LogP contribution in [0.1, 0.15) is 47.0 Å². The van der Waals surface area contributed by atoms with Gasteiger partial charge in [0.2, 0.25) is 5.91 Å². The highest BCUT2D eigenvalue weighted by Crippen LogP contribution is 2.48. The maximum absolute atomic E-state index is 12.6. The van der Waals surface area contributed by atoms with Gasteiger partial charge in [0.05, 0.1) is 6.61 Å². The van der Waals surface area contributed by atoms with E-state index in [1.54, 1.807) is 14.0 Å². The minimum Gasteiger partial charge on any atom is -0.465 e. The molecule has 118 valence electrons. The smallest absolute Gasteiger partial charge is 0.324 e. The number of amides is 1. The summed E-state index contributed by atoms with van der Waals surface area (Å²) in [5.74, 6) is -1.03. The molecule has 2 aliphatic rings. The molecule has 0 aromatic heterocycles. The molecule has 2 atom stereocenters. The number of esters is 1. The molecular formula is C16H25NO4. The van der Waals surface area contributed by atoms with E-state index < -0.39 is 17.5 Å². The fourth-order valence-electron chi connectivity index (χ4n) is 3.38. The molecule has 0 saturated carbocycles. The second-order valence-corrected chi connectivity index (χ2v) is 7.00. The predicted octanol–water partition coefficient (Wildman–Crippen LogP) is 1.85. The Hall–Kier alpha value is -1.36. The molecule has 0 saturated heterocycles. The van der Waals surface area contributed by atoms with E-state index in [-0.39, 0.29) is 17.9 Å². The number of ether oxygens (including phenoxy) is 1. The Morgan fingerprint density at radius 3 is 2.62 bits per heavy atom. The zero-order valence-electron chi connectivity index (χ0n) is 13.5. The fraction of sp³-hybridized carbons (Fsp3) is 0.750. The molecular weight excluding hydrogens is 270 g/mol. The van der Waals surface area contributed by atoms with E-state index in [1.165, 1.54) is 11.8 Å². The summed E-state index contributed by atoms with van der Waals surface area (Å²) in [7, 11) is 1.68. The van der Waals surface area contributed by atoms with Crippen LogP contribution in [0.25, 0.3) is 0 Å². The molecule has 0 aromatic rings. The van der Waals surface area contributed by atoms with Crippen molar-refractivity contribution >= 4 is 11.9 Å². The number of hydrogen-bond acceptors (Lipinski definition) is 4. The van der Waals surface area contributed by atoms with E-state index in [1.807, 2.05) is 0 Å². The lowest BCUT2D eigenvalue weighted by molar-refractivity contribution is -0.171. The Morgan fingerprint density at radius 2 is 2.05 bits per heavy atom. The Kier molecular flexibility index (Phi) is 3.91. The van der Waals surface area contributed by atoms with Gasteiger partial charge in [-0.05, 0) is 44.1 Å². The molecule has 21 heavy (non-hydrogen) atoms. The second kappa shape index (κ2) is 5.13. The highest BCUT2D eigenvalue weighted by Gasteiger charge is 2.56.